The van der Waals surface area contributed by atoms with Crippen LogP contribution < -0.4 is 0 Å². The molecule has 0 saturated carbocycles. The number of carbonyl (C=O) groups is 1. The van der Waals surface area contributed by atoms with Gasteiger partial charge in [0.25, 0.3) is 0 Å². The van der Waals surface area contributed by atoms with Crippen LogP contribution in [0.25, 0.3) is 0 Å². The van der Waals surface area contributed by atoms with Gasteiger partial charge in [0.2, 0.25) is 0 Å². The monoisotopic (exact) mass is 231 g/mol. The summed E-state index contributed by atoms with van der Waals surface area (Å²) in [6.45, 7) is 5.49. The van der Waals surface area contributed by atoms with Gasteiger partial charge < -0.3 is 24.2 Å². The summed E-state index contributed by atoms with van der Waals surface area (Å²) in [5.41, 5.74) is 0. The predicted octanol–water partition coefficient (Wildman–Crippen LogP) is -0.0238. The zero-order valence-corrected chi connectivity index (χ0v) is 9.13. The summed E-state index contributed by atoms with van der Waals surface area (Å²) < 4.78 is 14.7. The summed E-state index contributed by atoms with van der Waals surface area (Å²) in [7, 11) is 0. The molecule has 1 amide bonds. The van der Waals surface area contributed by atoms with E-state index in [1.807, 2.05) is 0 Å². The number of carbonyl (C=O) groups excluding carboxylic acids is 1. The van der Waals surface area contributed by atoms with Crippen molar-refractivity contribution >= 4 is 6.09 Å². The number of hydrogen-bond acceptors (Lipinski definition) is 5. The quantitative estimate of drug-likeness (QED) is 0.469. The zero-order chi connectivity index (χ0) is 11.8. The van der Waals surface area contributed by atoms with Crippen molar-refractivity contribution in [3.63, 3.8) is 0 Å². The molecule has 0 radical (unpaired) electrons. The van der Waals surface area contributed by atoms with Crippen molar-refractivity contribution in [3.05, 3.63) is 12.8 Å². The van der Waals surface area contributed by atoms with Crippen molar-refractivity contribution in [2.45, 2.75) is 6.10 Å². The third kappa shape index (κ3) is 4.50. The lowest BCUT2D eigenvalue weighted by Gasteiger charge is -2.17. The second-order valence-corrected chi connectivity index (χ2v) is 3.33. The number of β-amino-alcohol motifs (C(OH)–C–C–N with tert-alkyl or cyclic N) is 1. The average Bonchev–Trinajstić information content (AvgIpc) is 2.64. The topological polar surface area (TPSA) is 68.2 Å². The molecule has 1 unspecified atom stereocenters. The number of cyclic esters (lactones) is 1. The molecule has 1 heterocycles. The first-order valence-electron chi connectivity index (χ1n) is 5.14. The third-order valence-electron chi connectivity index (χ3n) is 2.05. The van der Waals surface area contributed by atoms with Gasteiger partial charge in [-0.3, -0.25) is 0 Å². The van der Waals surface area contributed by atoms with Crippen molar-refractivity contribution in [3.8, 4) is 0 Å². The molecule has 0 aromatic rings. The van der Waals surface area contributed by atoms with Crippen LogP contribution in [0.5, 0.6) is 0 Å². The molecule has 0 bridgehead atoms. The molecule has 16 heavy (non-hydrogen) atoms. The Labute approximate surface area is 94.4 Å². The summed E-state index contributed by atoms with van der Waals surface area (Å²) in [5.74, 6) is 0. The smallest absolute Gasteiger partial charge is 0.410 e. The van der Waals surface area contributed by atoms with E-state index in [-0.39, 0.29) is 19.2 Å². The van der Waals surface area contributed by atoms with Crippen molar-refractivity contribution < 1.29 is 24.1 Å². The van der Waals surface area contributed by atoms with Gasteiger partial charge in [0, 0.05) is 0 Å². The van der Waals surface area contributed by atoms with Crippen molar-refractivity contribution in [2.75, 3.05) is 39.5 Å². The first kappa shape index (κ1) is 12.8. The minimum atomic E-state index is -0.700. The molecule has 92 valence electrons. The number of ether oxygens (including phenoxy) is 3. The van der Waals surface area contributed by atoms with E-state index in [1.165, 1.54) is 11.2 Å². The van der Waals surface area contributed by atoms with Gasteiger partial charge >= 0.3 is 6.09 Å². The number of aliphatic hydroxyl groups excluding tert-OH is 1. The van der Waals surface area contributed by atoms with Crippen LogP contribution in [0, 0.1) is 0 Å². The van der Waals surface area contributed by atoms with E-state index in [1.54, 1.807) is 0 Å². The number of nitrogens with zero attached hydrogens (tertiary/aromatic N) is 1. The average molecular weight is 231 g/mol. The lowest BCUT2D eigenvalue weighted by atomic mass is 10.3. The molecule has 1 aliphatic rings. The first-order valence-corrected chi connectivity index (χ1v) is 5.14. The third-order valence-corrected chi connectivity index (χ3v) is 2.05. The molecule has 6 nitrogen and oxygen atoms in total. The second kappa shape index (κ2) is 7.08. The lowest BCUT2D eigenvalue weighted by Crippen LogP contribution is -2.35. The molecule has 1 fully saturated rings. The lowest BCUT2D eigenvalue weighted by molar-refractivity contribution is 0.00943. The van der Waals surface area contributed by atoms with Crippen LogP contribution in [-0.2, 0) is 14.2 Å². The van der Waals surface area contributed by atoms with Crippen LogP contribution in [0.1, 0.15) is 0 Å². The van der Waals surface area contributed by atoms with Crippen LogP contribution in [0.2, 0.25) is 0 Å². The Hall–Kier alpha value is -1.27. The van der Waals surface area contributed by atoms with Crippen molar-refractivity contribution in [1.82, 2.24) is 4.90 Å². The van der Waals surface area contributed by atoms with E-state index in [0.717, 1.165) is 0 Å². The molecule has 0 aliphatic carbocycles. The SMILES string of the molecule is C=COCCOCC(O)CN1CCOC1=O. The molecule has 0 aromatic carbocycles. The maximum atomic E-state index is 11.0. The van der Waals surface area contributed by atoms with Gasteiger partial charge in [0.05, 0.1) is 38.7 Å². The largest absolute Gasteiger partial charge is 0.499 e. The maximum Gasteiger partial charge on any atom is 0.410 e. The Morgan fingerprint density at radius 3 is 3.06 bits per heavy atom. The number of rotatable bonds is 8. The molecular weight excluding hydrogens is 214 g/mol. The fourth-order valence-electron chi connectivity index (χ4n) is 1.31. The van der Waals surface area contributed by atoms with E-state index in [9.17, 15) is 9.90 Å². The fourth-order valence-corrected chi connectivity index (χ4v) is 1.31. The van der Waals surface area contributed by atoms with Gasteiger partial charge in [-0.25, -0.2) is 4.79 Å². The molecule has 1 rings (SSSR count). The highest BCUT2D eigenvalue weighted by atomic mass is 16.6. The summed E-state index contributed by atoms with van der Waals surface area (Å²) >= 11 is 0. The Morgan fingerprint density at radius 1 is 1.62 bits per heavy atom. The maximum absolute atomic E-state index is 11.0. The van der Waals surface area contributed by atoms with E-state index in [2.05, 4.69) is 6.58 Å². The molecule has 1 N–H and O–H groups in total. The summed E-state index contributed by atoms with van der Waals surface area (Å²) in [6, 6.07) is 0. The van der Waals surface area contributed by atoms with E-state index >= 15 is 0 Å². The van der Waals surface area contributed by atoms with Gasteiger partial charge in [-0.1, -0.05) is 6.58 Å². The van der Waals surface area contributed by atoms with Gasteiger partial charge in [0.1, 0.15) is 13.2 Å². The Morgan fingerprint density at radius 2 is 2.44 bits per heavy atom. The van der Waals surface area contributed by atoms with Crippen LogP contribution in [0.3, 0.4) is 0 Å². The summed E-state index contributed by atoms with van der Waals surface area (Å²) in [5, 5.41) is 9.55. The van der Waals surface area contributed by atoms with E-state index < -0.39 is 6.10 Å². The van der Waals surface area contributed by atoms with Gasteiger partial charge in [-0.05, 0) is 0 Å². The van der Waals surface area contributed by atoms with Gasteiger partial charge in [-0.2, -0.15) is 0 Å². The number of hydrogen-bond donors (Lipinski definition) is 1. The molecule has 6 heteroatoms. The first-order chi connectivity index (χ1) is 7.74. The van der Waals surface area contributed by atoms with Gasteiger partial charge in [-0.15, -0.1) is 0 Å². The standard InChI is InChI=1S/C10H17NO5/c1-2-14-5-6-15-8-9(12)7-11-3-4-16-10(11)13/h2,9,12H,1,3-8H2. The second-order valence-electron chi connectivity index (χ2n) is 3.33. The molecule has 1 aliphatic heterocycles. The fraction of sp³-hybridized carbons (Fsp3) is 0.700. The van der Waals surface area contributed by atoms with E-state index in [4.69, 9.17) is 14.2 Å². The molecule has 1 saturated heterocycles. The molecular formula is C10H17NO5. The van der Waals surface area contributed by atoms with Crippen LogP contribution >= 0.6 is 0 Å². The molecule has 1 atom stereocenters. The highest BCUT2D eigenvalue weighted by Crippen LogP contribution is 2.04. The van der Waals surface area contributed by atoms with Crippen LogP contribution in [0.4, 0.5) is 4.79 Å². The Bertz CT molecular complexity index is 233. The number of aliphatic hydroxyl groups is 1. The minimum absolute atomic E-state index is 0.171. The van der Waals surface area contributed by atoms with Gasteiger partial charge in [0.15, 0.2) is 0 Å². The zero-order valence-electron chi connectivity index (χ0n) is 9.13. The highest BCUT2D eigenvalue weighted by Gasteiger charge is 2.24. The summed E-state index contributed by atoms with van der Waals surface area (Å²) in [4.78, 5) is 12.5. The van der Waals surface area contributed by atoms with E-state index in [0.29, 0.717) is 26.4 Å². The predicted molar refractivity (Wildman–Crippen MR) is 55.9 cm³/mol. The normalized spacial score (nSPS) is 17.1. The Kier molecular flexibility index (Phi) is 5.66. The van der Waals surface area contributed by atoms with Crippen molar-refractivity contribution in [1.29, 1.82) is 0 Å². The molecule has 0 aromatic heterocycles. The highest BCUT2D eigenvalue weighted by molar-refractivity contribution is 5.69. The Balaban J connectivity index is 2.04. The minimum Gasteiger partial charge on any atom is -0.499 e. The van der Waals surface area contributed by atoms with Crippen LogP contribution in [-0.4, -0.2) is 61.7 Å². The van der Waals surface area contributed by atoms with Crippen molar-refractivity contribution in [2.24, 2.45) is 0 Å². The van der Waals surface area contributed by atoms with Crippen LogP contribution in [0.15, 0.2) is 12.8 Å². The molecule has 0 spiro atoms. The number of amides is 1. The summed E-state index contributed by atoms with van der Waals surface area (Å²) in [6.07, 6.45) is 0.253.